The molecule has 21 heavy (non-hydrogen) atoms. The molecule has 0 amide bonds. The molecular weight excluding hydrogens is 285 g/mol. The molecule has 0 aliphatic rings. The molecule has 0 atom stereocenters. The standard InChI is InChI=1S/C14H21F3N2O2/c1-20-10-9-18-7-2-8-19-11-12-3-5-13(6-4-12)21-14(15,16)17/h3-6,18-19H,2,7-11H2,1H3. The molecule has 0 aliphatic carbocycles. The Balaban J connectivity index is 2.13. The largest absolute Gasteiger partial charge is 0.573 e. The molecule has 120 valence electrons. The van der Waals surface area contributed by atoms with Crippen molar-refractivity contribution in [2.75, 3.05) is 33.4 Å². The van der Waals surface area contributed by atoms with Crippen LogP contribution in [-0.4, -0.2) is 39.7 Å². The van der Waals surface area contributed by atoms with E-state index in [1.54, 1.807) is 19.2 Å². The van der Waals surface area contributed by atoms with Crippen molar-refractivity contribution in [3.8, 4) is 5.75 Å². The van der Waals surface area contributed by atoms with Crippen LogP contribution in [0.4, 0.5) is 13.2 Å². The van der Waals surface area contributed by atoms with Gasteiger partial charge in [0.25, 0.3) is 0 Å². The van der Waals surface area contributed by atoms with Crippen molar-refractivity contribution in [3.63, 3.8) is 0 Å². The number of ether oxygens (including phenoxy) is 2. The number of benzene rings is 1. The van der Waals surface area contributed by atoms with Crippen LogP contribution in [0.3, 0.4) is 0 Å². The molecule has 4 nitrogen and oxygen atoms in total. The lowest BCUT2D eigenvalue weighted by Crippen LogP contribution is -2.24. The second kappa shape index (κ2) is 9.59. The minimum atomic E-state index is -4.64. The van der Waals surface area contributed by atoms with Gasteiger partial charge in [-0.3, -0.25) is 0 Å². The van der Waals surface area contributed by atoms with Crippen molar-refractivity contribution in [3.05, 3.63) is 29.8 Å². The average molecular weight is 306 g/mol. The van der Waals surface area contributed by atoms with Gasteiger partial charge >= 0.3 is 6.36 Å². The van der Waals surface area contributed by atoms with Gasteiger partial charge in [0.15, 0.2) is 0 Å². The molecule has 0 aliphatic heterocycles. The van der Waals surface area contributed by atoms with E-state index >= 15 is 0 Å². The fourth-order valence-corrected chi connectivity index (χ4v) is 1.68. The topological polar surface area (TPSA) is 42.5 Å². The van der Waals surface area contributed by atoms with Crippen LogP contribution in [0, 0.1) is 0 Å². The summed E-state index contributed by atoms with van der Waals surface area (Å²) in [5.74, 6) is -0.200. The monoisotopic (exact) mass is 306 g/mol. The maximum Gasteiger partial charge on any atom is 0.573 e. The molecule has 0 aromatic heterocycles. The predicted molar refractivity (Wildman–Crippen MR) is 74.2 cm³/mol. The summed E-state index contributed by atoms with van der Waals surface area (Å²) in [4.78, 5) is 0. The summed E-state index contributed by atoms with van der Waals surface area (Å²) in [5.41, 5.74) is 0.914. The highest BCUT2D eigenvalue weighted by Gasteiger charge is 2.30. The van der Waals surface area contributed by atoms with Crippen LogP contribution in [0.15, 0.2) is 24.3 Å². The normalized spacial score (nSPS) is 11.6. The van der Waals surface area contributed by atoms with Gasteiger partial charge < -0.3 is 20.1 Å². The highest BCUT2D eigenvalue weighted by Crippen LogP contribution is 2.22. The third-order valence-corrected chi connectivity index (χ3v) is 2.68. The molecule has 2 N–H and O–H groups in total. The van der Waals surface area contributed by atoms with Crippen molar-refractivity contribution >= 4 is 0 Å². The molecule has 1 aromatic rings. The quantitative estimate of drug-likeness (QED) is 0.651. The minimum absolute atomic E-state index is 0.200. The molecule has 0 radical (unpaired) electrons. The molecule has 1 aromatic carbocycles. The van der Waals surface area contributed by atoms with Crippen molar-refractivity contribution in [2.24, 2.45) is 0 Å². The van der Waals surface area contributed by atoms with Gasteiger partial charge in [-0.25, -0.2) is 0 Å². The van der Waals surface area contributed by atoms with E-state index in [0.717, 1.165) is 31.6 Å². The molecule has 0 saturated carbocycles. The Morgan fingerprint density at radius 2 is 1.67 bits per heavy atom. The summed E-state index contributed by atoms with van der Waals surface area (Å²) in [6.07, 6.45) is -3.67. The second-order valence-electron chi connectivity index (χ2n) is 4.46. The number of rotatable bonds is 10. The van der Waals surface area contributed by atoms with E-state index in [4.69, 9.17) is 4.74 Å². The summed E-state index contributed by atoms with van der Waals surface area (Å²) in [5, 5.41) is 6.45. The Labute approximate surface area is 122 Å². The Morgan fingerprint density at radius 1 is 1.00 bits per heavy atom. The first-order valence-corrected chi connectivity index (χ1v) is 6.76. The van der Waals surface area contributed by atoms with Crippen molar-refractivity contribution in [2.45, 2.75) is 19.3 Å². The van der Waals surface area contributed by atoms with E-state index in [9.17, 15) is 13.2 Å². The van der Waals surface area contributed by atoms with Gasteiger partial charge in [0.1, 0.15) is 5.75 Å². The van der Waals surface area contributed by atoms with E-state index < -0.39 is 6.36 Å². The fraction of sp³-hybridized carbons (Fsp3) is 0.571. The van der Waals surface area contributed by atoms with Crippen LogP contribution in [0.5, 0.6) is 5.75 Å². The molecule has 0 heterocycles. The lowest BCUT2D eigenvalue weighted by Gasteiger charge is -2.10. The highest BCUT2D eigenvalue weighted by atomic mass is 19.4. The van der Waals surface area contributed by atoms with Gasteiger partial charge in [-0.15, -0.1) is 13.2 Å². The maximum absolute atomic E-state index is 12.0. The van der Waals surface area contributed by atoms with Gasteiger partial charge in [-0.2, -0.15) is 0 Å². The van der Waals surface area contributed by atoms with Gasteiger partial charge in [-0.1, -0.05) is 12.1 Å². The van der Waals surface area contributed by atoms with Crippen molar-refractivity contribution in [1.82, 2.24) is 10.6 Å². The van der Waals surface area contributed by atoms with Crippen LogP contribution in [0.1, 0.15) is 12.0 Å². The number of alkyl halides is 3. The smallest absolute Gasteiger partial charge is 0.406 e. The lowest BCUT2D eigenvalue weighted by molar-refractivity contribution is -0.274. The molecule has 0 fully saturated rings. The number of nitrogens with one attached hydrogen (secondary N) is 2. The molecule has 0 saturated heterocycles. The van der Waals surface area contributed by atoms with Gasteiger partial charge in [0.2, 0.25) is 0 Å². The lowest BCUT2D eigenvalue weighted by atomic mass is 10.2. The summed E-state index contributed by atoms with van der Waals surface area (Å²) < 4.78 is 44.7. The number of methoxy groups -OCH3 is 1. The van der Waals surface area contributed by atoms with Crippen LogP contribution in [0.2, 0.25) is 0 Å². The Kier molecular flexibility index (Phi) is 8.11. The Morgan fingerprint density at radius 3 is 2.29 bits per heavy atom. The Hall–Kier alpha value is -1.31. The summed E-state index contributed by atoms with van der Waals surface area (Å²) in [6, 6.07) is 5.86. The van der Waals surface area contributed by atoms with Crippen molar-refractivity contribution in [1.29, 1.82) is 0 Å². The third-order valence-electron chi connectivity index (χ3n) is 2.68. The van der Waals surface area contributed by atoms with Crippen LogP contribution in [0.25, 0.3) is 0 Å². The van der Waals surface area contributed by atoms with Gasteiger partial charge in [0, 0.05) is 20.2 Å². The number of hydrogen-bond donors (Lipinski definition) is 2. The molecule has 7 heteroatoms. The molecular formula is C14H21F3N2O2. The van der Waals surface area contributed by atoms with E-state index in [2.05, 4.69) is 15.4 Å². The number of halogens is 3. The number of hydrogen-bond acceptors (Lipinski definition) is 4. The van der Waals surface area contributed by atoms with Crippen LogP contribution < -0.4 is 15.4 Å². The Bertz CT molecular complexity index is 383. The first-order chi connectivity index (χ1) is 10.0. The minimum Gasteiger partial charge on any atom is -0.406 e. The molecule has 0 bridgehead atoms. The third kappa shape index (κ3) is 9.28. The van der Waals surface area contributed by atoms with E-state index in [1.165, 1.54) is 12.1 Å². The summed E-state index contributed by atoms with van der Waals surface area (Å²) in [7, 11) is 1.66. The zero-order valence-corrected chi connectivity index (χ0v) is 12.0. The van der Waals surface area contributed by atoms with E-state index in [1.807, 2.05) is 0 Å². The van der Waals surface area contributed by atoms with Gasteiger partial charge in [0.05, 0.1) is 6.61 Å². The predicted octanol–water partition coefficient (Wildman–Crippen LogP) is 2.30. The average Bonchev–Trinajstić information content (AvgIpc) is 2.42. The summed E-state index contributed by atoms with van der Waals surface area (Å²) >= 11 is 0. The van der Waals surface area contributed by atoms with E-state index in [-0.39, 0.29) is 5.75 Å². The zero-order chi connectivity index (χ0) is 15.6. The molecule has 1 rings (SSSR count). The zero-order valence-electron chi connectivity index (χ0n) is 12.0. The maximum atomic E-state index is 12.0. The first-order valence-electron chi connectivity index (χ1n) is 6.76. The highest BCUT2D eigenvalue weighted by molar-refractivity contribution is 5.27. The molecule has 0 spiro atoms. The SMILES string of the molecule is COCCNCCCNCc1ccc(OC(F)(F)F)cc1. The van der Waals surface area contributed by atoms with Gasteiger partial charge in [-0.05, 0) is 37.2 Å². The summed E-state index contributed by atoms with van der Waals surface area (Å²) in [6.45, 7) is 3.87. The molecule has 0 unspecified atom stereocenters. The van der Waals surface area contributed by atoms with E-state index in [0.29, 0.717) is 13.2 Å². The van der Waals surface area contributed by atoms with Crippen LogP contribution >= 0.6 is 0 Å². The first kappa shape index (κ1) is 17.7. The van der Waals surface area contributed by atoms with Crippen molar-refractivity contribution < 1.29 is 22.6 Å². The van der Waals surface area contributed by atoms with Crippen LogP contribution in [-0.2, 0) is 11.3 Å². The fourth-order valence-electron chi connectivity index (χ4n) is 1.68. The second-order valence-corrected chi connectivity index (χ2v) is 4.46.